The molecule has 0 spiro atoms. The summed E-state index contributed by atoms with van der Waals surface area (Å²) in [7, 11) is 0. The van der Waals surface area contributed by atoms with Crippen LogP contribution in [-0.2, 0) is 4.79 Å². The number of hydrogen-bond donors (Lipinski definition) is 3. The molecule has 0 atom stereocenters. The molecule has 0 unspecified atom stereocenters. The molecule has 0 saturated carbocycles. The van der Waals surface area contributed by atoms with E-state index in [9.17, 15) is 9.59 Å². The quantitative estimate of drug-likeness (QED) is 0.666. The highest BCUT2D eigenvalue weighted by atomic mass is 32.2. The van der Waals surface area contributed by atoms with Gasteiger partial charge in [0, 0.05) is 12.2 Å². The monoisotopic (exact) mass is 246 g/mol. The number of nitrogens with two attached hydrogens (primary N) is 2. The van der Waals surface area contributed by atoms with Crippen molar-refractivity contribution in [1.29, 1.82) is 0 Å². The van der Waals surface area contributed by atoms with Crippen LogP contribution >= 0.6 is 23.1 Å². The number of thioether (sulfide) groups is 1. The fourth-order valence-corrected chi connectivity index (χ4v) is 2.56. The first-order valence-electron chi connectivity index (χ1n) is 4.01. The van der Waals surface area contributed by atoms with Crippen LogP contribution in [0.3, 0.4) is 0 Å². The van der Waals surface area contributed by atoms with Crippen LogP contribution in [0.25, 0.3) is 0 Å². The number of aromatic nitrogens is 1. The Morgan fingerprint density at radius 3 is 2.87 bits per heavy atom. The van der Waals surface area contributed by atoms with Crippen molar-refractivity contribution >= 4 is 40.2 Å². The van der Waals surface area contributed by atoms with Crippen molar-refractivity contribution in [2.45, 2.75) is 10.6 Å². The summed E-state index contributed by atoms with van der Waals surface area (Å²) in [4.78, 5) is 25.2. The Balaban J connectivity index is 2.22. The maximum Gasteiger partial charge on any atom is 0.318 e. The van der Waals surface area contributed by atoms with Gasteiger partial charge in [0.05, 0.1) is 10.4 Å². The zero-order valence-corrected chi connectivity index (χ0v) is 9.36. The number of carbonyl (C=O) groups excluding carboxylic acids is 2. The van der Waals surface area contributed by atoms with Gasteiger partial charge in [-0.2, -0.15) is 0 Å². The SMILES string of the molecule is NC(=O)NC(=O)CCSc1cnc(N)s1. The van der Waals surface area contributed by atoms with Gasteiger partial charge in [-0.05, 0) is 0 Å². The molecule has 8 heteroatoms. The van der Waals surface area contributed by atoms with Crippen LogP contribution in [0.5, 0.6) is 0 Å². The standard InChI is InChI=1S/C7H10N4O2S2/c8-6(13)11-4(12)1-2-14-5-3-10-7(9)15-5/h3H,1-2H2,(H2,9,10)(H3,8,11,12,13). The number of hydrogen-bond acceptors (Lipinski definition) is 6. The minimum absolute atomic E-state index is 0.228. The Labute approximate surface area is 94.4 Å². The first kappa shape index (κ1) is 11.8. The highest BCUT2D eigenvalue weighted by molar-refractivity contribution is 8.01. The summed E-state index contributed by atoms with van der Waals surface area (Å²) in [6, 6.07) is -0.827. The molecule has 0 fully saturated rings. The predicted molar refractivity (Wildman–Crippen MR) is 59.6 cm³/mol. The maximum atomic E-state index is 11.0. The summed E-state index contributed by atoms with van der Waals surface area (Å²) >= 11 is 2.82. The first-order chi connectivity index (χ1) is 7.08. The average molecular weight is 246 g/mol. The number of nitrogens with zero attached hydrogens (tertiary/aromatic N) is 1. The molecule has 0 aromatic carbocycles. The van der Waals surface area contributed by atoms with Crippen molar-refractivity contribution in [3.63, 3.8) is 0 Å². The summed E-state index contributed by atoms with van der Waals surface area (Å²) in [5.74, 6) is 0.174. The Hall–Kier alpha value is -1.28. The van der Waals surface area contributed by atoms with E-state index >= 15 is 0 Å². The van der Waals surface area contributed by atoms with E-state index in [2.05, 4.69) is 4.98 Å². The van der Waals surface area contributed by atoms with Gasteiger partial charge in [0.15, 0.2) is 5.13 Å². The Morgan fingerprint density at radius 1 is 1.60 bits per heavy atom. The van der Waals surface area contributed by atoms with Gasteiger partial charge in [-0.15, -0.1) is 11.8 Å². The van der Waals surface area contributed by atoms with Gasteiger partial charge in [0.1, 0.15) is 0 Å². The second-order valence-corrected chi connectivity index (χ2v) is 4.99. The summed E-state index contributed by atoms with van der Waals surface area (Å²) in [5.41, 5.74) is 10.2. The summed E-state index contributed by atoms with van der Waals surface area (Å²) in [6.07, 6.45) is 1.88. The van der Waals surface area contributed by atoms with Crippen molar-refractivity contribution in [2.75, 3.05) is 11.5 Å². The van der Waals surface area contributed by atoms with E-state index in [1.165, 1.54) is 23.1 Å². The Bertz CT molecular complexity index is 366. The molecule has 15 heavy (non-hydrogen) atoms. The lowest BCUT2D eigenvalue weighted by molar-refractivity contribution is -0.119. The lowest BCUT2D eigenvalue weighted by Gasteiger charge is -1.98. The first-order valence-corrected chi connectivity index (χ1v) is 5.81. The Kier molecular flexibility index (Phi) is 4.37. The van der Waals surface area contributed by atoms with Crippen molar-refractivity contribution in [3.05, 3.63) is 6.20 Å². The molecule has 82 valence electrons. The normalized spacial score (nSPS) is 9.87. The van der Waals surface area contributed by atoms with E-state index in [1.54, 1.807) is 6.20 Å². The van der Waals surface area contributed by atoms with Crippen LogP contribution in [-0.4, -0.2) is 22.7 Å². The molecule has 1 aromatic rings. The average Bonchev–Trinajstić information content (AvgIpc) is 2.50. The van der Waals surface area contributed by atoms with Gasteiger partial charge in [-0.1, -0.05) is 11.3 Å². The van der Waals surface area contributed by atoms with Crippen LogP contribution in [0, 0.1) is 0 Å². The zero-order valence-electron chi connectivity index (χ0n) is 7.73. The molecule has 6 nitrogen and oxygen atoms in total. The van der Waals surface area contributed by atoms with Gasteiger partial charge in [-0.3, -0.25) is 10.1 Å². The molecule has 0 bridgehead atoms. The largest absolute Gasteiger partial charge is 0.375 e. The van der Waals surface area contributed by atoms with Crippen molar-refractivity contribution in [1.82, 2.24) is 10.3 Å². The molecule has 0 radical (unpaired) electrons. The molecule has 1 heterocycles. The molecule has 0 saturated heterocycles. The maximum absolute atomic E-state index is 11.0. The van der Waals surface area contributed by atoms with Crippen LogP contribution in [0.4, 0.5) is 9.93 Å². The van der Waals surface area contributed by atoms with E-state index in [1.807, 2.05) is 5.32 Å². The van der Waals surface area contributed by atoms with Gasteiger partial charge in [0.25, 0.3) is 0 Å². The number of carbonyl (C=O) groups is 2. The number of urea groups is 1. The predicted octanol–water partition coefficient (Wildman–Crippen LogP) is 0.402. The fraction of sp³-hybridized carbons (Fsp3) is 0.286. The zero-order chi connectivity index (χ0) is 11.3. The second kappa shape index (κ2) is 5.56. The number of anilines is 1. The number of thiazole rings is 1. The molecule has 0 aliphatic rings. The van der Waals surface area contributed by atoms with E-state index in [4.69, 9.17) is 11.5 Å². The molecule has 1 aromatic heterocycles. The van der Waals surface area contributed by atoms with Crippen LogP contribution in [0.15, 0.2) is 10.4 Å². The third kappa shape index (κ3) is 4.66. The number of primary amides is 1. The van der Waals surface area contributed by atoms with Gasteiger partial charge in [-0.25, -0.2) is 9.78 Å². The van der Waals surface area contributed by atoms with Crippen LogP contribution in [0.2, 0.25) is 0 Å². The van der Waals surface area contributed by atoms with Crippen LogP contribution < -0.4 is 16.8 Å². The molecular weight excluding hydrogens is 236 g/mol. The number of nitrogens with one attached hydrogen (secondary N) is 1. The van der Waals surface area contributed by atoms with Crippen molar-refractivity contribution < 1.29 is 9.59 Å². The molecule has 0 aliphatic heterocycles. The molecule has 1 rings (SSSR count). The topological polar surface area (TPSA) is 111 Å². The molecule has 5 N–H and O–H groups in total. The lowest BCUT2D eigenvalue weighted by Crippen LogP contribution is -2.35. The molecule has 0 aliphatic carbocycles. The number of rotatable bonds is 4. The van der Waals surface area contributed by atoms with Gasteiger partial charge in [0.2, 0.25) is 5.91 Å². The minimum atomic E-state index is -0.827. The third-order valence-electron chi connectivity index (χ3n) is 1.34. The van der Waals surface area contributed by atoms with Crippen molar-refractivity contribution in [3.8, 4) is 0 Å². The van der Waals surface area contributed by atoms with E-state index in [0.29, 0.717) is 10.9 Å². The van der Waals surface area contributed by atoms with Gasteiger partial charge >= 0.3 is 6.03 Å². The van der Waals surface area contributed by atoms with Crippen molar-refractivity contribution in [2.24, 2.45) is 5.73 Å². The molecular formula is C7H10N4O2S2. The van der Waals surface area contributed by atoms with E-state index in [0.717, 1.165) is 4.21 Å². The number of nitrogen functional groups attached to an aromatic ring is 1. The fourth-order valence-electron chi connectivity index (χ4n) is 0.783. The number of imide groups is 1. The molecule has 3 amide bonds. The smallest absolute Gasteiger partial charge is 0.318 e. The van der Waals surface area contributed by atoms with E-state index in [-0.39, 0.29) is 12.3 Å². The highest BCUT2D eigenvalue weighted by Crippen LogP contribution is 2.26. The minimum Gasteiger partial charge on any atom is -0.375 e. The second-order valence-electron chi connectivity index (χ2n) is 2.53. The highest BCUT2D eigenvalue weighted by Gasteiger charge is 2.05. The summed E-state index contributed by atoms with van der Waals surface area (Å²) < 4.78 is 0.944. The number of amides is 3. The Morgan fingerprint density at radius 2 is 2.33 bits per heavy atom. The van der Waals surface area contributed by atoms with Crippen LogP contribution in [0.1, 0.15) is 6.42 Å². The summed E-state index contributed by atoms with van der Waals surface area (Å²) in [6.45, 7) is 0. The lowest BCUT2D eigenvalue weighted by atomic mass is 10.4. The third-order valence-corrected chi connectivity index (χ3v) is 3.36. The summed E-state index contributed by atoms with van der Waals surface area (Å²) in [5, 5.41) is 2.48. The van der Waals surface area contributed by atoms with Gasteiger partial charge < -0.3 is 11.5 Å². The van der Waals surface area contributed by atoms with E-state index < -0.39 is 6.03 Å².